The van der Waals surface area contributed by atoms with Gasteiger partial charge in [0.15, 0.2) is 0 Å². The molecule has 19 heavy (non-hydrogen) atoms. The molecular formula is C17H32ClN. The number of unbranched alkanes of at least 4 members (excludes halogenated alkanes) is 8. The van der Waals surface area contributed by atoms with Gasteiger partial charge in [-0.3, -0.25) is 4.90 Å². The predicted molar refractivity (Wildman–Crippen MR) is 80.6 cm³/mol. The molecule has 1 aliphatic heterocycles. The SMILES string of the molecule is CCCCCCCCCCC[NH+]1C=CC(CC)=C1.[Cl-]. The van der Waals surface area contributed by atoms with Crippen molar-refractivity contribution in [3.8, 4) is 0 Å². The van der Waals surface area contributed by atoms with Gasteiger partial charge in [0, 0.05) is 11.6 Å². The molecule has 2 heteroatoms. The Morgan fingerprint density at radius 3 is 1.95 bits per heavy atom. The van der Waals surface area contributed by atoms with Crippen LogP contribution >= 0.6 is 0 Å². The van der Waals surface area contributed by atoms with Crippen molar-refractivity contribution >= 4 is 0 Å². The zero-order chi connectivity index (χ0) is 13.1. The standard InChI is InChI=1S/C17H31N.ClH/c1-3-5-6-7-8-9-10-11-12-14-18-15-13-17(4-2)16-18;/h13,15-16H,3-12,14H2,1-2H3;1H. The second-order valence-corrected chi connectivity index (χ2v) is 5.56. The van der Waals surface area contributed by atoms with Gasteiger partial charge >= 0.3 is 0 Å². The first kappa shape index (κ1) is 18.7. The molecule has 0 aromatic heterocycles. The smallest absolute Gasteiger partial charge is 0.102 e. The number of rotatable bonds is 11. The van der Waals surface area contributed by atoms with Crippen molar-refractivity contribution in [1.82, 2.24) is 0 Å². The summed E-state index contributed by atoms with van der Waals surface area (Å²) in [5, 5.41) is 0. The van der Waals surface area contributed by atoms with Crippen LogP contribution in [-0.4, -0.2) is 6.54 Å². The normalized spacial score (nSPS) is 17.4. The Labute approximate surface area is 126 Å². The minimum atomic E-state index is 0. The van der Waals surface area contributed by atoms with E-state index in [0.717, 1.165) is 0 Å². The van der Waals surface area contributed by atoms with Crippen LogP contribution in [0, 0.1) is 0 Å². The lowest BCUT2D eigenvalue weighted by Gasteiger charge is -2.06. The number of allylic oxidation sites excluding steroid dienone is 2. The molecule has 0 bridgehead atoms. The van der Waals surface area contributed by atoms with E-state index < -0.39 is 0 Å². The average Bonchev–Trinajstić information content (AvgIpc) is 2.85. The third kappa shape index (κ3) is 9.29. The van der Waals surface area contributed by atoms with Gasteiger partial charge in [-0.25, -0.2) is 0 Å². The van der Waals surface area contributed by atoms with Crippen LogP contribution in [0.1, 0.15) is 78.1 Å². The second kappa shape index (κ2) is 12.7. The van der Waals surface area contributed by atoms with Crippen LogP contribution in [0.25, 0.3) is 0 Å². The van der Waals surface area contributed by atoms with Gasteiger partial charge in [0.1, 0.15) is 6.20 Å². The van der Waals surface area contributed by atoms with Crippen molar-refractivity contribution in [2.75, 3.05) is 6.54 Å². The monoisotopic (exact) mass is 285 g/mol. The first-order chi connectivity index (χ1) is 8.86. The highest BCUT2D eigenvalue weighted by Crippen LogP contribution is 2.09. The summed E-state index contributed by atoms with van der Waals surface area (Å²) < 4.78 is 0. The van der Waals surface area contributed by atoms with Gasteiger partial charge in [0.2, 0.25) is 0 Å². The van der Waals surface area contributed by atoms with Crippen LogP contribution in [0.15, 0.2) is 24.0 Å². The molecular weight excluding hydrogens is 254 g/mol. The molecule has 1 aliphatic rings. The summed E-state index contributed by atoms with van der Waals surface area (Å²) in [6.07, 6.45) is 21.0. The Hall–Kier alpha value is -0.270. The zero-order valence-electron chi connectivity index (χ0n) is 12.9. The summed E-state index contributed by atoms with van der Waals surface area (Å²) in [5.41, 5.74) is 1.50. The van der Waals surface area contributed by atoms with Crippen LogP contribution in [0.2, 0.25) is 0 Å². The maximum absolute atomic E-state index is 2.38. The Balaban J connectivity index is 0.00000324. The molecule has 0 aromatic rings. The number of halogens is 1. The van der Waals surface area contributed by atoms with E-state index in [9.17, 15) is 0 Å². The molecule has 112 valence electrons. The number of hydrogen-bond acceptors (Lipinski definition) is 0. The molecule has 1 rings (SSSR count). The average molecular weight is 286 g/mol. The molecule has 0 amide bonds. The van der Waals surface area contributed by atoms with Crippen LogP contribution in [0.4, 0.5) is 0 Å². The minimum Gasteiger partial charge on any atom is -1.00 e. The highest BCUT2D eigenvalue weighted by molar-refractivity contribution is 5.17. The molecule has 0 radical (unpaired) electrons. The largest absolute Gasteiger partial charge is 1.00 e. The Morgan fingerprint density at radius 2 is 1.42 bits per heavy atom. The van der Waals surface area contributed by atoms with Crippen LogP contribution in [0.5, 0.6) is 0 Å². The van der Waals surface area contributed by atoms with Crippen molar-refractivity contribution in [2.45, 2.75) is 78.1 Å². The Kier molecular flexibility index (Phi) is 12.6. The molecule has 1 unspecified atom stereocenters. The lowest BCUT2D eigenvalue weighted by atomic mass is 10.1. The molecule has 1 atom stereocenters. The first-order valence-corrected chi connectivity index (χ1v) is 8.11. The molecule has 0 fully saturated rings. The molecule has 1 heterocycles. The van der Waals surface area contributed by atoms with Crippen LogP contribution in [0.3, 0.4) is 0 Å². The van der Waals surface area contributed by atoms with Gasteiger partial charge in [-0.1, -0.05) is 58.8 Å². The summed E-state index contributed by atoms with van der Waals surface area (Å²) in [6, 6.07) is 0. The lowest BCUT2D eigenvalue weighted by molar-refractivity contribution is -0.788. The first-order valence-electron chi connectivity index (χ1n) is 8.11. The quantitative estimate of drug-likeness (QED) is 0.545. The molecule has 0 saturated carbocycles. The van der Waals surface area contributed by atoms with Crippen molar-refractivity contribution < 1.29 is 17.3 Å². The van der Waals surface area contributed by atoms with E-state index in [1.807, 2.05) is 0 Å². The van der Waals surface area contributed by atoms with Crippen LogP contribution < -0.4 is 17.3 Å². The number of hydrogen-bond donors (Lipinski definition) is 1. The van der Waals surface area contributed by atoms with E-state index in [2.05, 4.69) is 32.3 Å². The fourth-order valence-corrected chi connectivity index (χ4v) is 2.56. The van der Waals surface area contributed by atoms with E-state index in [1.54, 1.807) is 4.90 Å². The van der Waals surface area contributed by atoms with Gasteiger partial charge in [-0.2, -0.15) is 0 Å². The van der Waals surface area contributed by atoms with Crippen molar-refractivity contribution in [3.63, 3.8) is 0 Å². The molecule has 1 nitrogen and oxygen atoms in total. The number of quaternary nitrogens is 1. The van der Waals surface area contributed by atoms with E-state index in [0.29, 0.717) is 0 Å². The highest BCUT2D eigenvalue weighted by Gasteiger charge is 2.08. The summed E-state index contributed by atoms with van der Waals surface area (Å²) >= 11 is 0. The molecule has 0 spiro atoms. The number of nitrogens with one attached hydrogen (secondary N) is 1. The molecule has 1 N–H and O–H groups in total. The summed E-state index contributed by atoms with van der Waals surface area (Å²) in [6.45, 7) is 5.81. The van der Waals surface area contributed by atoms with Gasteiger partial charge < -0.3 is 12.4 Å². The summed E-state index contributed by atoms with van der Waals surface area (Å²) in [4.78, 5) is 1.55. The highest BCUT2D eigenvalue weighted by atomic mass is 35.5. The molecule has 0 aliphatic carbocycles. The van der Waals surface area contributed by atoms with Gasteiger partial charge in [-0.05, 0) is 19.3 Å². The third-order valence-corrected chi connectivity index (χ3v) is 3.86. The molecule has 0 saturated heterocycles. The van der Waals surface area contributed by atoms with E-state index in [1.165, 1.54) is 76.3 Å². The maximum atomic E-state index is 2.38. The zero-order valence-corrected chi connectivity index (χ0v) is 13.6. The second-order valence-electron chi connectivity index (χ2n) is 5.56. The van der Waals surface area contributed by atoms with Crippen molar-refractivity contribution in [1.29, 1.82) is 0 Å². The van der Waals surface area contributed by atoms with E-state index in [4.69, 9.17) is 0 Å². The van der Waals surface area contributed by atoms with E-state index >= 15 is 0 Å². The third-order valence-electron chi connectivity index (χ3n) is 3.86. The lowest BCUT2D eigenvalue weighted by Crippen LogP contribution is -3.01. The fraction of sp³-hybridized carbons (Fsp3) is 0.765. The summed E-state index contributed by atoms with van der Waals surface area (Å²) in [7, 11) is 0. The Morgan fingerprint density at radius 1 is 0.842 bits per heavy atom. The predicted octanol–water partition coefficient (Wildman–Crippen LogP) is 1.23. The maximum Gasteiger partial charge on any atom is 0.102 e. The van der Waals surface area contributed by atoms with Gasteiger partial charge in [0.25, 0.3) is 0 Å². The van der Waals surface area contributed by atoms with Crippen LogP contribution in [-0.2, 0) is 0 Å². The van der Waals surface area contributed by atoms with Crippen molar-refractivity contribution in [3.05, 3.63) is 24.0 Å². The van der Waals surface area contributed by atoms with Gasteiger partial charge in [-0.15, -0.1) is 0 Å². The minimum absolute atomic E-state index is 0. The van der Waals surface area contributed by atoms with Gasteiger partial charge in [0.05, 0.1) is 12.7 Å². The van der Waals surface area contributed by atoms with Crippen molar-refractivity contribution in [2.24, 2.45) is 0 Å². The topological polar surface area (TPSA) is 4.44 Å². The Bertz CT molecular complexity index is 258. The fourth-order valence-electron chi connectivity index (χ4n) is 2.56. The summed E-state index contributed by atoms with van der Waals surface area (Å²) in [5.74, 6) is 0. The molecule has 0 aromatic carbocycles. The van der Waals surface area contributed by atoms with E-state index in [-0.39, 0.29) is 12.4 Å².